The van der Waals surface area contributed by atoms with Crippen LogP contribution in [0.3, 0.4) is 0 Å². The van der Waals surface area contributed by atoms with Crippen LogP contribution < -0.4 is 0 Å². The Labute approximate surface area is 141 Å². The summed E-state index contributed by atoms with van der Waals surface area (Å²) in [5, 5.41) is 21.2. The molecular weight excluding hydrogens is 308 g/mol. The van der Waals surface area contributed by atoms with Gasteiger partial charge < -0.3 is 14.9 Å². The molecule has 0 aromatic heterocycles. The summed E-state index contributed by atoms with van der Waals surface area (Å²) in [6.07, 6.45) is 7.18. The summed E-state index contributed by atoms with van der Waals surface area (Å²) < 4.78 is 6.02. The lowest BCUT2D eigenvalue weighted by molar-refractivity contribution is -0.162. The minimum atomic E-state index is -0.850. The van der Waals surface area contributed by atoms with Crippen molar-refractivity contribution in [3.63, 3.8) is 0 Å². The van der Waals surface area contributed by atoms with Crippen molar-refractivity contribution in [3.8, 4) is 0 Å². The number of rotatable bonds is 1. The summed E-state index contributed by atoms with van der Waals surface area (Å²) in [7, 11) is 0. The number of aliphatic carboxylic acids is 1. The number of aliphatic hydroxyl groups is 1. The normalized spacial score (nSPS) is 59.9. The zero-order valence-electron chi connectivity index (χ0n) is 14.1. The van der Waals surface area contributed by atoms with E-state index in [1.165, 1.54) is 0 Å². The van der Waals surface area contributed by atoms with Crippen LogP contribution in [0.5, 0.6) is 0 Å². The van der Waals surface area contributed by atoms with E-state index in [0.29, 0.717) is 19.3 Å². The lowest BCUT2D eigenvalue weighted by Crippen LogP contribution is -2.47. The second-order valence-corrected chi connectivity index (χ2v) is 9.24. The predicted octanol–water partition coefficient (Wildman–Crippen LogP) is 2.14. The van der Waals surface area contributed by atoms with Gasteiger partial charge >= 0.3 is 11.9 Å². The van der Waals surface area contributed by atoms with Crippen LogP contribution in [-0.4, -0.2) is 33.4 Å². The van der Waals surface area contributed by atoms with Crippen LogP contribution in [0.4, 0.5) is 0 Å². The molecule has 1 aliphatic heterocycles. The summed E-state index contributed by atoms with van der Waals surface area (Å²) in [4.78, 5) is 25.0. The Kier molecular flexibility index (Phi) is 2.43. The van der Waals surface area contributed by atoms with Crippen molar-refractivity contribution < 1.29 is 24.5 Å². The highest BCUT2D eigenvalue weighted by Gasteiger charge is 2.82. The maximum absolute atomic E-state index is 12.6. The van der Waals surface area contributed by atoms with E-state index in [-0.39, 0.29) is 23.7 Å². The van der Waals surface area contributed by atoms with Gasteiger partial charge in [0.15, 0.2) is 0 Å². The highest BCUT2D eigenvalue weighted by atomic mass is 16.6. The van der Waals surface area contributed by atoms with Crippen LogP contribution in [0, 0.1) is 34.5 Å². The Morgan fingerprint density at radius 2 is 2.17 bits per heavy atom. The molecule has 4 aliphatic carbocycles. The molecule has 0 unspecified atom stereocenters. The Balaban J connectivity index is 1.75. The predicted molar refractivity (Wildman–Crippen MR) is 83.8 cm³/mol. The van der Waals surface area contributed by atoms with Crippen molar-refractivity contribution >= 4 is 11.9 Å². The van der Waals surface area contributed by atoms with E-state index < -0.39 is 33.9 Å². The third-order valence-electron chi connectivity index (χ3n) is 8.40. The van der Waals surface area contributed by atoms with Crippen molar-refractivity contribution in [3.05, 3.63) is 12.2 Å². The molecule has 0 radical (unpaired) electrons. The summed E-state index contributed by atoms with van der Waals surface area (Å²) in [5.41, 5.74) is -2.74. The molecule has 5 rings (SSSR count). The molecule has 2 N–H and O–H groups in total. The van der Waals surface area contributed by atoms with E-state index in [2.05, 4.69) is 0 Å². The van der Waals surface area contributed by atoms with Crippen LogP contribution in [-0.2, 0) is 14.3 Å². The number of fused-ring (bicyclic) bond motifs is 1. The van der Waals surface area contributed by atoms with Gasteiger partial charge in [-0.3, -0.25) is 9.59 Å². The standard InChI is InChI=1S/C19H24O5/c1-10-8-17-9-18(10,23)7-4-11(17)19-6-3-5-16(2,15(22)24-19)13(19)12(17)14(20)21/h3,5,10-13,23H,4,6-9H2,1-2H3,(H,20,21)/t10-,11-,12-,13-,16-,17+,18+,19-/m1/s1. The van der Waals surface area contributed by atoms with Gasteiger partial charge in [-0.05, 0) is 43.9 Å². The van der Waals surface area contributed by atoms with Crippen molar-refractivity contribution in [1.29, 1.82) is 0 Å². The number of carbonyl (C=O) groups excluding carboxylic acids is 1. The Morgan fingerprint density at radius 1 is 1.42 bits per heavy atom. The SMILES string of the molecule is C[C@@H]1C[C@]23C[C@@]1(O)CC[C@H]2[C@@]12CC=C[C@@](C)(C(=O)O1)[C@H]2[C@@H]3C(=O)O. The van der Waals surface area contributed by atoms with Gasteiger partial charge in [-0.1, -0.05) is 19.1 Å². The van der Waals surface area contributed by atoms with Gasteiger partial charge in [0, 0.05) is 18.3 Å². The van der Waals surface area contributed by atoms with E-state index in [9.17, 15) is 19.8 Å². The van der Waals surface area contributed by atoms with Gasteiger partial charge in [0.2, 0.25) is 0 Å². The summed E-state index contributed by atoms with van der Waals surface area (Å²) in [6, 6.07) is 0. The Morgan fingerprint density at radius 3 is 2.88 bits per heavy atom. The Hall–Kier alpha value is -1.36. The number of hydrogen-bond acceptors (Lipinski definition) is 4. The molecule has 3 saturated carbocycles. The van der Waals surface area contributed by atoms with Crippen LogP contribution in [0.2, 0.25) is 0 Å². The van der Waals surface area contributed by atoms with E-state index >= 15 is 0 Å². The lowest BCUT2D eigenvalue weighted by Gasteiger charge is -2.45. The largest absolute Gasteiger partial charge is 0.481 e. The number of hydrogen-bond donors (Lipinski definition) is 2. The zero-order chi connectivity index (χ0) is 17.1. The number of esters is 1. The van der Waals surface area contributed by atoms with E-state index in [4.69, 9.17) is 4.74 Å². The first kappa shape index (κ1) is 14.9. The average Bonchev–Trinajstić information content (AvgIpc) is 2.88. The fourth-order valence-electron chi connectivity index (χ4n) is 7.63. The molecule has 5 heteroatoms. The quantitative estimate of drug-likeness (QED) is 0.568. The van der Waals surface area contributed by atoms with Crippen molar-refractivity contribution in [2.75, 3.05) is 0 Å². The number of ether oxygens (including phenoxy) is 1. The molecule has 130 valence electrons. The van der Waals surface area contributed by atoms with Crippen LogP contribution >= 0.6 is 0 Å². The zero-order valence-corrected chi connectivity index (χ0v) is 14.1. The summed E-state index contributed by atoms with van der Waals surface area (Å²) in [5.74, 6) is -1.91. The molecule has 0 aromatic carbocycles. The number of carboxylic acid groups (broad SMARTS) is 1. The monoisotopic (exact) mass is 332 g/mol. The van der Waals surface area contributed by atoms with Crippen molar-refractivity contribution in [1.82, 2.24) is 0 Å². The van der Waals surface area contributed by atoms with Gasteiger partial charge in [0.25, 0.3) is 0 Å². The average molecular weight is 332 g/mol. The van der Waals surface area contributed by atoms with E-state index in [1.54, 1.807) is 0 Å². The third-order valence-corrected chi connectivity index (χ3v) is 8.40. The fourth-order valence-corrected chi connectivity index (χ4v) is 7.63. The molecule has 24 heavy (non-hydrogen) atoms. The minimum absolute atomic E-state index is 0.0389. The smallest absolute Gasteiger partial charge is 0.316 e. The molecule has 0 amide bonds. The van der Waals surface area contributed by atoms with Gasteiger partial charge in [-0.15, -0.1) is 0 Å². The first-order valence-corrected chi connectivity index (χ1v) is 9.06. The van der Waals surface area contributed by atoms with Gasteiger partial charge in [-0.2, -0.15) is 0 Å². The first-order chi connectivity index (χ1) is 11.2. The highest BCUT2D eigenvalue weighted by Crippen LogP contribution is 2.77. The third kappa shape index (κ3) is 1.29. The van der Waals surface area contributed by atoms with Gasteiger partial charge in [-0.25, -0.2) is 0 Å². The molecule has 1 saturated heterocycles. The molecule has 5 aliphatic rings. The second-order valence-electron chi connectivity index (χ2n) is 9.24. The van der Waals surface area contributed by atoms with Gasteiger partial charge in [0.05, 0.1) is 16.9 Å². The lowest BCUT2D eigenvalue weighted by atomic mass is 9.62. The second kappa shape index (κ2) is 3.90. The van der Waals surface area contributed by atoms with Crippen LogP contribution in [0.15, 0.2) is 12.2 Å². The maximum atomic E-state index is 12.6. The maximum Gasteiger partial charge on any atom is 0.316 e. The number of carbonyl (C=O) groups is 2. The van der Waals surface area contributed by atoms with Gasteiger partial charge in [0.1, 0.15) is 5.60 Å². The first-order valence-electron chi connectivity index (χ1n) is 9.06. The minimum Gasteiger partial charge on any atom is -0.481 e. The molecule has 1 spiro atoms. The summed E-state index contributed by atoms with van der Waals surface area (Å²) >= 11 is 0. The van der Waals surface area contributed by atoms with E-state index in [1.807, 2.05) is 26.0 Å². The molecule has 1 heterocycles. The molecule has 8 atom stereocenters. The molecule has 0 aromatic rings. The van der Waals surface area contributed by atoms with Crippen LogP contribution in [0.25, 0.3) is 0 Å². The topological polar surface area (TPSA) is 83.8 Å². The molecule has 4 fully saturated rings. The van der Waals surface area contributed by atoms with Crippen molar-refractivity contribution in [2.45, 2.75) is 57.2 Å². The van der Waals surface area contributed by atoms with Crippen molar-refractivity contribution in [2.24, 2.45) is 34.5 Å². The Bertz CT molecular complexity index is 700. The summed E-state index contributed by atoms with van der Waals surface area (Å²) in [6.45, 7) is 3.88. The molecule has 5 nitrogen and oxygen atoms in total. The molecular formula is C19H24O5. The highest BCUT2D eigenvalue weighted by molar-refractivity contribution is 5.86. The van der Waals surface area contributed by atoms with E-state index in [0.717, 1.165) is 12.8 Å². The van der Waals surface area contributed by atoms with Crippen LogP contribution in [0.1, 0.15) is 46.0 Å². The number of carboxylic acids is 1. The molecule has 4 bridgehead atoms. The fraction of sp³-hybridized carbons (Fsp3) is 0.789.